The van der Waals surface area contributed by atoms with Crippen LogP contribution in [0.1, 0.15) is 24.7 Å². The van der Waals surface area contributed by atoms with Crippen molar-refractivity contribution in [3.8, 4) is 0 Å². The molecule has 2 heterocycles. The molecule has 1 atom stereocenters. The van der Waals surface area contributed by atoms with Crippen molar-refractivity contribution in [1.29, 1.82) is 0 Å². The van der Waals surface area contributed by atoms with Gasteiger partial charge >= 0.3 is 0 Å². The van der Waals surface area contributed by atoms with Crippen molar-refractivity contribution in [2.75, 3.05) is 20.1 Å². The molecule has 0 radical (unpaired) electrons. The number of hydrogen-bond acceptors (Lipinski definition) is 4. The summed E-state index contributed by atoms with van der Waals surface area (Å²) in [7, 11) is 2.12. The largest absolute Gasteiger partial charge is 0.414 e. The van der Waals surface area contributed by atoms with Crippen molar-refractivity contribution in [3.05, 3.63) is 10.7 Å². The van der Waals surface area contributed by atoms with E-state index in [0.717, 1.165) is 18.9 Å². The molecule has 1 N–H and O–H groups in total. The lowest BCUT2D eigenvalue weighted by atomic mass is 9.99. The Kier molecular flexibility index (Phi) is 2.46. The minimum Gasteiger partial charge on any atom is -0.414 e. The van der Waals surface area contributed by atoms with Crippen molar-refractivity contribution >= 4 is 12.2 Å². The molecular formula is C8H13N3OS. The first-order valence-electron chi connectivity index (χ1n) is 4.49. The zero-order valence-electron chi connectivity index (χ0n) is 7.62. The minimum absolute atomic E-state index is 0.378. The van der Waals surface area contributed by atoms with E-state index in [-0.39, 0.29) is 0 Å². The summed E-state index contributed by atoms with van der Waals surface area (Å²) in [4.78, 5) is 2.67. The molecule has 13 heavy (non-hydrogen) atoms. The minimum atomic E-state index is 0.378. The molecule has 1 unspecified atom stereocenters. The highest BCUT2D eigenvalue weighted by atomic mass is 32.1. The zero-order chi connectivity index (χ0) is 9.26. The van der Waals surface area contributed by atoms with Gasteiger partial charge in [0.2, 0.25) is 5.89 Å². The third kappa shape index (κ3) is 1.97. The fourth-order valence-corrected chi connectivity index (χ4v) is 1.91. The van der Waals surface area contributed by atoms with Crippen LogP contribution < -0.4 is 0 Å². The highest BCUT2D eigenvalue weighted by Crippen LogP contribution is 2.24. The van der Waals surface area contributed by atoms with Crippen LogP contribution in [0.4, 0.5) is 0 Å². The van der Waals surface area contributed by atoms with Gasteiger partial charge in [-0.2, -0.15) is 0 Å². The number of hydrogen-bond donors (Lipinski definition) is 1. The number of likely N-dealkylation sites (tertiary alicyclic amines) is 1. The fourth-order valence-electron chi connectivity index (χ4n) is 1.78. The van der Waals surface area contributed by atoms with Gasteiger partial charge in [0, 0.05) is 6.54 Å². The summed E-state index contributed by atoms with van der Waals surface area (Å²) in [6.45, 7) is 2.19. The van der Waals surface area contributed by atoms with Crippen molar-refractivity contribution < 1.29 is 4.42 Å². The summed E-state index contributed by atoms with van der Waals surface area (Å²) in [6.07, 6.45) is 2.35. The first-order chi connectivity index (χ1) is 6.25. The van der Waals surface area contributed by atoms with Crippen LogP contribution in [0, 0.1) is 4.84 Å². The Morgan fingerprint density at radius 2 is 2.54 bits per heavy atom. The van der Waals surface area contributed by atoms with Gasteiger partial charge in [-0.15, -0.1) is 5.10 Å². The molecule has 0 aromatic carbocycles. The van der Waals surface area contributed by atoms with Gasteiger partial charge in [0.05, 0.1) is 5.92 Å². The fraction of sp³-hybridized carbons (Fsp3) is 0.750. The smallest absolute Gasteiger partial charge is 0.284 e. The van der Waals surface area contributed by atoms with Gasteiger partial charge < -0.3 is 9.32 Å². The van der Waals surface area contributed by atoms with Gasteiger partial charge in [-0.3, -0.25) is 0 Å². The Morgan fingerprint density at radius 1 is 1.69 bits per heavy atom. The third-order valence-electron chi connectivity index (χ3n) is 2.43. The van der Waals surface area contributed by atoms with Crippen LogP contribution >= 0.6 is 12.2 Å². The Balaban J connectivity index is 2.12. The standard InChI is InChI=1S/C8H13N3OS/c1-11-4-2-3-6(5-11)7-9-10-8(13)12-7/h6H,2-5H2,1H3,(H,10,13). The van der Waals surface area contributed by atoms with Crippen LogP contribution in [-0.2, 0) is 0 Å². The van der Waals surface area contributed by atoms with Crippen LogP contribution in [0.5, 0.6) is 0 Å². The third-order valence-corrected chi connectivity index (χ3v) is 2.60. The summed E-state index contributed by atoms with van der Waals surface area (Å²) in [5.74, 6) is 1.17. The monoisotopic (exact) mass is 199 g/mol. The summed E-state index contributed by atoms with van der Waals surface area (Å²) >= 11 is 4.83. The van der Waals surface area contributed by atoms with Gasteiger partial charge in [0.1, 0.15) is 0 Å². The highest BCUT2D eigenvalue weighted by Gasteiger charge is 2.22. The number of nitrogens with zero attached hydrogens (tertiary/aromatic N) is 2. The second-order valence-electron chi connectivity index (χ2n) is 3.55. The zero-order valence-corrected chi connectivity index (χ0v) is 8.43. The topological polar surface area (TPSA) is 45.1 Å². The molecule has 1 aromatic heterocycles. The molecule has 0 spiro atoms. The average molecular weight is 199 g/mol. The molecule has 5 heteroatoms. The van der Waals surface area contributed by atoms with E-state index in [9.17, 15) is 0 Å². The maximum absolute atomic E-state index is 5.29. The van der Waals surface area contributed by atoms with Crippen molar-refractivity contribution in [1.82, 2.24) is 15.1 Å². The Hall–Kier alpha value is -0.680. The number of likely N-dealkylation sites (N-methyl/N-ethyl adjacent to an activating group) is 1. The quantitative estimate of drug-likeness (QED) is 0.697. The van der Waals surface area contributed by atoms with Crippen molar-refractivity contribution in [2.24, 2.45) is 0 Å². The van der Waals surface area contributed by atoms with E-state index < -0.39 is 0 Å². The molecule has 0 amide bonds. The number of aromatic nitrogens is 2. The lowest BCUT2D eigenvalue weighted by Crippen LogP contribution is -2.30. The number of H-pyrrole nitrogens is 1. The predicted octanol–water partition coefficient (Wildman–Crippen LogP) is 1.54. The Morgan fingerprint density at radius 3 is 3.15 bits per heavy atom. The first kappa shape index (κ1) is 8.90. The second kappa shape index (κ2) is 3.59. The lowest BCUT2D eigenvalue weighted by Gasteiger charge is -2.27. The molecule has 4 nitrogen and oxygen atoms in total. The van der Waals surface area contributed by atoms with Crippen LogP contribution in [-0.4, -0.2) is 35.2 Å². The number of rotatable bonds is 1. The van der Waals surface area contributed by atoms with E-state index in [1.807, 2.05) is 0 Å². The summed E-state index contributed by atoms with van der Waals surface area (Å²) in [5, 5.41) is 6.71. The molecule has 1 saturated heterocycles. The van der Waals surface area contributed by atoms with E-state index in [1.165, 1.54) is 13.0 Å². The molecule has 1 aliphatic rings. The van der Waals surface area contributed by atoms with Crippen LogP contribution in [0.15, 0.2) is 4.42 Å². The predicted molar refractivity (Wildman–Crippen MR) is 51.2 cm³/mol. The van der Waals surface area contributed by atoms with E-state index in [2.05, 4.69) is 22.1 Å². The van der Waals surface area contributed by atoms with Gasteiger partial charge in [-0.25, -0.2) is 5.10 Å². The van der Waals surface area contributed by atoms with E-state index in [1.54, 1.807) is 0 Å². The van der Waals surface area contributed by atoms with E-state index in [4.69, 9.17) is 16.6 Å². The molecule has 0 saturated carbocycles. The molecule has 72 valence electrons. The number of piperidine rings is 1. The van der Waals surface area contributed by atoms with Gasteiger partial charge in [-0.05, 0) is 38.7 Å². The molecule has 1 fully saturated rings. The molecule has 0 aliphatic carbocycles. The van der Waals surface area contributed by atoms with Gasteiger partial charge in [0.25, 0.3) is 4.84 Å². The SMILES string of the molecule is CN1CCCC(c2n[nH]c(=S)o2)C1. The molecule has 1 aromatic rings. The van der Waals surface area contributed by atoms with Crippen LogP contribution in [0.25, 0.3) is 0 Å². The Labute approximate surface area is 81.9 Å². The second-order valence-corrected chi connectivity index (χ2v) is 3.92. The number of aromatic amines is 1. The van der Waals surface area contributed by atoms with Crippen molar-refractivity contribution in [3.63, 3.8) is 0 Å². The van der Waals surface area contributed by atoms with Crippen LogP contribution in [0.3, 0.4) is 0 Å². The van der Waals surface area contributed by atoms with Gasteiger partial charge in [-0.1, -0.05) is 0 Å². The lowest BCUT2D eigenvalue weighted by molar-refractivity contribution is 0.229. The maximum atomic E-state index is 5.29. The average Bonchev–Trinajstić information content (AvgIpc) is 2.52. The van der Waals surface area contributed by atoms with Crippen LogP contribution in [0.2, 0.25) is 0 Å². The maximum Gasteiger partial charge on any atom is 0.284 e. The first-order valence-corrected chi connectivity index (χ1v) is 4.90. The summed E-state index contributed by atoms with van der Waals surface area (Å²) in [6, 6.07) is 0. The van der Waals surface area contributed by atoms with Crippen molar-refractivity contribution in [2.45, 2.75) is 18.8 Å². The van der Waals surface area contributed by atoms with E-state index in [0.29, 0.717) is 10.8 Å². The molecular weight excluding hydrogens is 186 g/mol. The van der Waals surface area contributed by atoms with Gasteiger partial charge in [0.15, 0.2) is 0 Å². The van der Waals surface area contributed by atoms with E-state index >= 15 is 0 Å². The summed E-state index contributed by atoms with van der Waals surface area (Å²) in [5.41, 5.74) is 0. The number of nitrogens with one attached hydrogen (secondary N) is 1. The molecule has 2 rings (SSSR count). The highest BCUT2D eigenvalue weighted by molar-refractivity contribution is 7.71. The molecule has 1 aliphatic heterocycles. The Bertz CT molecular complexity index is 332. The molecule has 0 bridgehead atoms. The normalized spacial score (nSPS) is 24.8. The summed E-state index contributed by atoms with van der Waals surface area (Å²) < 4.78 is 5.29.